The first-order chi connectivity index (χ1) is 11.3. The zero-order valence-corrected chi connectivity index (χ0v) is 13.1. The molecule has 1 aromatic heterocycles. The molecule has 2 heterocycles. The molecule has 0 radical (unpaired) electrons. The molecule has 0 saturated carbocycles. The lowest BCUT2D eigenvalue weighted by molar-refractivity contribution is -0.241. The highest BCUT2D eigenvalue weighted by atomic mass is 19.1. The molecule has 3 N–H and O–H groups in total. The maximum Gasteiger partial charge on any atom is 0.362 e. The number of esters is 1. The number of ether oxygens (including phenoxy) is 1. The van der Waals surface area contributed by atoms with Crippen molar-refractivity contribution in [3.8, 4) is 0 Å². The number of halogens is 1. The van der Waals surface area contributed by atoms with Crippen LogP contribution < -0.4 is 11.2 Å². The minimum absolute atomic E-state index is 0.0402. The van der Waals surface area contributed by atoms with Crippen LogP contribution in [-0.4, -0.2) is 63.2 Å². The zero-order chi connectivity index (χ0) is 18.1. The summed E-state index contributed by atoms with van der Waals surface area (Å²) in [5.74, 6) is -2.30. The lowest BCUT2D eigenvalue weighted by Gasteiger charge is -2.27. The molecule has 10 nitrogen and oxygen atoms in total. The van der Waals surface area contributed by atoms with E-state index in [9.17, 15) is 23.9 Å². The van der Waals surface area contributed by atoms with Crippen molar-refractivity contribution in [1.29, 1.82) is 0 Å². The van der Waals surface area contributed by atoms with Crippen LogP contribution in [0, 0.1) is 5.82 Å². The van der Waals surface area contributed by atoms with Crippen LogP contribution in [0.15, 0.2) is 15.8 Å². The van der Waals surface area contributed by atoms with Gasteiger partial charge in [0.05, 0.1) is 31.6 Å². The third-order valence-electron chi connectivity index (χ3n) is 3.76. The van der Waals surface area contributed by atoms with Crippen LogP contribution in [0.25, 0.3) is 0 Å². The maximum atomic E-state index is 13.6. The second-order valence-corrected chi connectivity index (χ2v) is 5.27. The van der Waals surface area contributed by atoms with E-state index in [0.717, 1.165) is 5.06 Å². The maximum absolute atomic E-state index is 13.6. The topological polar surface area (TPSA) is 134 Å². The Morgan fingerprint density at radius 2 is 2.29 bits per heavy atom. The van der Waals surface area contributed by atoms with Crippen molar-refractivity contribution in [2.45, 2.75) is 31.2 Å². The van der Waals surface area contributed by atoms with Crippen LogP contribution >= 0.6 is 0 Å². The SMILES string of the molecule is CCOC(=O)[C@@]1(n2cc(F)c(=O)[nH]c2=O)C[C@H]([C@H](O)CO)N(C)O1. The van der Waals surface area contributed by atoms with E-state index in [-0.39, 0.29) is 13.0 Å². The number of carbonyl (C=O) groups is 1. The summed E-state index contributed by atoms with van der Waals surface area (Å²) in [6, 6.07) is -0.874. The standard InChI is InChI=1S/C13H18FN3O7/c1-3-23-11(21)13(4-8(9(19)6-18)16(2)24-13)17-5-7(14)10(20)15-12(17)22/h5,8-9,18-19H,3-4,6H2,1-2H3,(H,15,20,22)/t8-,9-,13-/m1/s1. The Morgan fingerprint density at radius 3 is 2.88 bits per heavy atom. The van der Waals surface area contributed by atoms with E-state index < -0.39 is 47.5 Å². The molecule has 24 heavy (non-hydrogen) atoms. The van der Waals surface area contributed by atoms with Crippen molar-refractivity contribution in [2.75, 3.05) is 20.3 Å². The number of hydrogen-bond donors (Lipinski definition) is 3. The van der Waals surface area contributed by atoms with Gasteiger partial charge >= 0.3 is 11.7 Å². The third kappa shape index (κ3) is 2.98. The second-order valence-electron chi connectivity index (χ2n) is 5.27. The molecule has 1 aliphatic heterocycles. The number of aromatic amines is 1. The van der Waals surface area contributed by atoms with Crippen molar-refractivity contribution in [2.24, 2.45) is 0 Å². The van der Waals surface area contributed by atoms with Gasteiger partial charge in [-0.2, -0.15) is 9.45 Å². The van der Waals surface area contributed by atoms with Gasteiger partial charge in [-0.3, -0.25) is 19.2 Å². The highest BCUT2D eigenvalue weighted by Gasteiger charge is 2.55. The van der Waals surface area contributed by atoms with Gasteiger partial charge in [-0.25, -0.2) is 9.59 Å². The average molecular weight is 347 g/mol. The number of rotatable bonds is 5. The molecule has 0 aliphatic carbocycles. The first-order valence-corrected chi connectivity index (χ1v) is 7.17. The Kier molecular flexibility index (Phi) is 5.18. The number of likely N-dealkylation sites (N-methyl/N-ethyl adjacent to an activating group) is 1. The van der Waals surface area contributed by atoms with Gasteiger partial charge in [0.2, 0.25) is 5.82 Å². The zero-order valence-electron chi connectivity index (χ0n) is 13.1. The number of nitrogens with zero attached hydrogens (tertiary/aromatic N) is 2. The van der Waals surface area contributed by atoms with Gasteiger partial charge in [-0.1, -0.05) is 0 Å². The van der Waals surface area contributed by atoms with Crippen molar-refractivity contribution in [3.05, 3.63) is 32.9 Å². The molecule has 0 amide bonds. The van der Waals surface area contributed by atoms with Crippen molar-refractivity contribution < 1.29 is 29.0 Å². The first kappa shape index (κ1) is 18.3. The Hall–Kier alpha value is -2.08. The monoisotopic (exact) mass is 347 g/mol. The highest BCUT2D eigenvalue weighted by Crippen LogP contribution is 2.36. The third-order valence-corrected chi connectivity index (χ3v) is 3.76. The number of carbonyl (C=O) groups excluding carboxylic acids is 1. The molecular weight excluding hydrogens is 329 g/mol. The number of H-pyrrole nitrogens is 1. The summed E-state index contributed by atoms with van der Waals surface area (Å²) in [7, 11) is 1.37. The van der Waals surface area contributed by atoms with Gasteiger partial charge in [0.15, 0.2) is 0 Å². The fraction of sp³-hybridized carbons (Fsp3) is 0.615. The second kappa shape index (κ2) is 6.81. The summed E-state index contributed by atoms with van der Waals surface area (Å²) < 4.78 is 19.1. The van der Waals surface area contributed by atoms with Crippen LogP contribution in [0.3, 0.4) is 0 Å². The van der Waals surface area contributed by atoms with Crippen LogP contribution in [0.5, 0.6) is 0 Å². The van der Waals surface area contributed by atoms with Crippen molar-refractivity contribution in [3.63, 3.8) is 0 Å². The Balaban J connectivity index is 2.59. The predicted molar refractivity (Wildman–Crippen MR) is 76.2 cm³/mol. The van der Waals surface area contributed by atoms with Crippen LogP contribution in [0.2, 0.25) is 0 Å². The van der Waals surface area contributed by atoms with E-state index in [0.29, 0.717) is 10.8 Å². The molecule has 0 aromatic carbocycles. The molecule has 1 aromatic rings. The summed E-state index contributed by atoms with van der Waals surface area (Å²) in [5.41, 5.74) is -4.44. The molecule has 0 bridgehead atoms. The molecule has 1 fully saturated rings. The lowest BCUT2D eigenvalue weighted by atomic mass is 10.0. The molecule has 1 aliphatic rings. The summed E-state index contributed by atoms with van der Waals surface area (Å²) in [4.78, 5) is 42.9. The van der Waals surface area contributed by atoms with Gasteiger partial charge < -0.3 is 14.9 Å². The Morgan fingerprint density at radius 1 is 1.62 bits per heavy atom. The quantitative estimate of drug-likeness (QED) is 0.515. The average Bonchev–Trinajstić information content (AvgIpc) is 2.89. The predicted octanol–water partition coefficient (Wildman–Crippen LogP) is -2.12. The molecule has 0 spiro atoms. The molecule has 134 valence electrons. The number of aliphatic hydroxyl groups is 2. The van der Waals surface area contributed by atoms with Crippen molar-refractivity contribution in [1.82, 2.24) is 14.6 Å². The number of nitrogens with one attached hydrogen (secondary N) is 1. The fourth-order valence-electron chi connectivity index (χ4n) is 2.58. The normalized spacial score (nSPS) is 25.6. The van der Waals surface area contributed by atoms with Crippen LogP contribution in [0.4, 0.5) is 4.39 Å². The summed E-state index contributed by atoms with van der Waals surface area (Å²) in [6.45, 7) is 0.869. The number of aromatic nitrogens is 2. The van der Waals surface area contributed by atoms with Gasteiger partial charge in [-0.15, -0.1) is 0 Å². The molecule has 1 saturated heterocycles. The van der Waals surface area contributed by atoms with Gasteiger partial charge in [0.1, 0.15) is 0 Å². The minimum atomic E-state index is -2.12. The summed E-state index contributed by atoms with van der Waals surface area (Å²) in [6.07, 6.45) is -1.05. The molecule has 11 heteroatoms. The van der Waals surface area contributed by atoms with Crippen molar-refractivity contribution >= 4 is 5.97 Å². The van der Waals surface area contributed by atoms with Crippen LogP contribution in [-0.2, 0) is 20.1 Å². The van der Waals surface area contributed by atoms with E-state index in [4.69, 9.17) is 14.7 Å². The minimum Gasteiger partial charge on any atom is -0.462 e. The smallest absolute Gasteiger partial charge is 0.362 e. The van der Waals surface area contributed by atoms with E-state index in [2.05, 4.69) is 0 Å². The lowest BCUT2D eigenvalue weighted by Crippen LogP contribution is -2.51. The van der Waals surface area contributed by atoms with Gasteiger partial charge in [-0.05, 0) is 6.92 Å². The van der Waals surface area contributed by atoms with E-state index in [1.807, 2.05) is 0 Å². The van der Waals surface area contributed by atoms with Gasteiger partial charge in [0.25, 0.3) is 11.3 Å². The number of aliphatic hydroxyl groups excluding tert-OH is 2. The fourth-order valence-corrected chi connectivity index (χ4v) is 2.58. The molecule has 2 rings (SSSR count). The Labute approximate surface area is 135 Å². The van der Waals surface area contributed by atoms with E-state index in [1.165, 1.54) is 14.0 Å². The first-order valence-electron chi connectivity index (χ1n) is 7.17. The van der Waals surface area contributed by atoms with E-state index >= 15 is 0 Å². The molecule has 3 atom stereocenters. The van der Waals surface area contributed by atoms with Crippen LogP contribution in [0.1, 0.15) is 13.3 Å². The summed E-state index contributed by atoms with van der Waals surface area (Å²) >= 11 is 0. The highest BCUT2D eigenvalue weighted by molar-refractivity contribution is 5.77. The molecule has 0 unspecified atom stereocenters. The Bertz CT molecular complexity index is 733. The van der Waals surface area contributed by atoms with E-state index in [1.54, 1.807) is 4.98 Å². The van der Waals surface area contributed by atoms with Gasteiger partial charge in [0, 0.05) is 13.5 Å². The molecular formula is C13H18FN3O7. The number of hydrogen-bond acceptors (Lipinski definition) is 8. The largest absolute Gasteiger partial charge is 0.462 e. The summed E-state index contributed by atoms with van der Waals surface area (Å²) in [5, 5.41) is 20.0. The number of hydroxylamine groups is 2.